The smallest absolute Gasteiger partial charge is 0.245 e. The Morgan fingerprint density at radius 2 is 2.33 bits per heavy atom. The molecule has 0 spiro atoms. The molecule has 0 heterocycles. The topological polar surface area (TPSA) is 69.2 Å². The number of nitrogens with zero attached hydrogens (tertiary/aromatic N) is 1. The van der Waals surface area contributed by atoms with Crippen LogP contribution in [0.15, 0.2) is 23.9 Å². The lowest BCUT2D eigenvalue weighted by Crippen LogP contribution is -2.43. The number of nitro groups is 1. The second-order valence-corrected chi connectivity index (χ2v) is 3.23. The van der Waals surface area contributed by atoms with Crippen molar-refractivity contribution in [2.24, 2.45) is 11.7 Å². The first kappa shape index (κ1) is 8.77. The van der Waals surface area contributed by atoms with E-state index in [1.165, 1.54) is 0 Å². The second kappa shape index (κ2) is 2.62. The van der Waals surface area contributed by atoms with Gasteiger partial charge in [0.2, 0.25) is 5.54 Å². The molecule has 0 saturated carbocycles. The van der Waals surface area contributed by atoms with E-state index in [0.29, 0.717) is 5.70 Å². The zero-order valence-corrected chi connectivity index (χ0v) is 7.15. The minimum absolute atomic E-state index is 0.238. The van der Waals surface area contributed by atoms with E-state index in [4.69, 9.17) is 5.73 Å². The fraction of sp³-hybridized carbons (Fsp3) is 0.500. The molecule has 1 aliphatic rings. The van der Waals surface area contributed by atoms with Gasteiger partial charge in [0.15, 0.2) is 0 Å². The Morgan fingerprint density at radius 3 is 2.75 bits per heavy atom. The Morgan fingerprint density at radius 1 is 1.75 bits per heavy atom. The van der Waals surface area contributed by atoms with Crippen molar-refractivity contribution < 1.29 is 4.92 Å². The van der Waals surface area contributed by atoms with Crippen molar-refractivity contribution in [2.75, 3.05) is 0 Å². The predicted octanol–water partition coefficient (Wildman–Crippen LogP) is 1.07. The first-order chi connectivity index (χ1) is 5.48. The van der Waals surface area contributed by atoms with Gasteiger partial charge in [0.1, 0.15) is 0 Å². The predicted molar refractivity (Wildman–Crippen MR) is 46.0 cm³/mol. The fourth-order valence-corrected chi connectivity index (χ4v) is 1.20. The highest BCUT2D eigenvalue weighted by Crippen LogP contribution is 2.29. The van der Waals surface area contributed by atoms with Gasteiger partial charge in [-0.1, -0.05) is 6.08 Å². The largest absolute Gasteiger partial charge is 0.402 e. The monoisotopic (exact) mass is 168 g/mol. The molecule has 0 fully saturated rings. The van der Waals surface area contributed by atoms with Gasteiger partial charge in [0.25, 0.3) is 0 Å². The van der Waals surface area contributed by atoms with Crippen LogP contribution in [0.1, 0.15) is 13.8 Å². The van der Waals surface area contributed by atoms with Crippen molar-refractivity contribution in [3.8, 4) is 0 Å². The van der Waals surface area contributed by atoms with Gasteiger partial charge in [-0.3, -0.25) is 10.1 Å². The summed E-state index contributed by atoms with van der Waals surface area (Å²) in [5.74, 6) is -0.238. The molecule has 2 atom stereocenters. The maximum atomic E-state index is 10.7. The van der Waals surface area contributed by atoms with Crippen molar-refractivity contribution in [1.29, 1.82) is 0 Å². The molecule has 0 radical (unpaired) electrons. The van der Waals surface area contributed by atoms with Crippen LogP contribution in [0.4, 0.5) is 0 Å². The maximum Gasteiger partial charge on any atom is 0.245 e. The van der Waals surface area contributed by atoms with Crippen molar-refractivity contribution >= 4 is 0 Å². The molecule has 0 aromatic carbocycles. The van der Waals surface area contributed by atoms with Crippen LogP contribution in [0, 0.1) is 16.0 Å². The Bertz CT molecular complexity index is 270. The average Bonchev–Trinajstić information content (AvgIpc) is 2.00. The Hall–Kier alpha value is -1.32. The molecule has 0 aromatic heterocycles. The summed E-state index contributed by atoms with van der Waals surface area (Å²) in [6.07, 6.45) is 4.92. The third kappa shape index (κ3) is 1.09. The van der Waals surface area contributed by atoms with Crippen molar-refractivity contribution in [2.45, 2.75) is 19.4 Å². The van der Waals surface area contributed by atoms with E-state index < -0.39 is 5.54 Å². The molecule has 12 heavy (non-hydrogen) atoms. The van der Waals surface area contributed by atoms with E-state index in [1.54, 1.807) is 32.1 Å². The number of nitrogens with two attached hydrogens (primary N) is 1. The second-order valence-electron chi connectivity index (χ2n) is 3.23. The Balaban J connectivity index is 3.03. The molecule has 1 rings (SSSR count). The molecule has 0 aliphatic heterocycles. The molecule has 2 unspecified atom stereocenters. The van der Waals surface area contributed by atoms with Crippen LogP contribution < -0.4 is 5.73 Å². The lowest BCUT2D eigenvalue weighted by Gasteiger charge is -2.26. The summed E-state index contributed by atoms with van der Waals surface area (Å²) >= 11 is 0. The molecular formula is C8H12N2O2. The molecule has 4 heteroatoms. The first-order valence-corrected chi connectivity index (χ1v) is 3.78. The van der Waals surface area contributed by atoms with Gasteiger partial charge >= 0.3 is 0 Å². The van der Waals surface area contributed by atoms with E-state index in [1.807, 2.05) is 0 Å². The molecule has 2 N–H and O–H groups in total. The van der Waals surface area contributed by atoms with Gasteiger partial charge in [-0.25, -0.2) is 0 Å². The molecule has 0 amide bonds. The summed E-state index contributed by atoms with van der Waals surface area (Å²) in [6.45, 7) is 3.34. The number of hydrogen-bond acceptors (Lipinski definition) is 3. The van der Waals surface area contributed by atoms with E-state index in [0.717, 1.165) is 0 Å². The SMILES string of the molecule is CC1C(N)=CC=CC1(C)[N+](=O)[O-]. The zero-order valence-electron chi connectivity index (χ0n) is 7.15. The fourth-order valence-electron chi connectivity index (χ4n) is 1.20. The third-order valence-electron chi connectivity index (χ3n) is 2.49. The minimum atomic E-state index is -1.04. The van der Waals surface area contributed by atoms with Crippen molar-refractivity contribution in [3.63, 3.8) is 0 Å². The van der Waals surface area contributed by atoms with Crippen LogP contribution >= 0.6 is 0 Å². The molecule has 66 valence electrons. The summed E-state index contributed by atoms with van der Waals surface area (Å²) in [5, 5.41) is 10.7. The van der Waals surface area contributed by atoms with E-state index >= 15 is 0 Å². The van der Waals surface area contributed by atoms with Gasteiger partial charge in [-0.2, -0.15) is 0 Å². The molecule has 0 aromatic rings. The summed E-state index contributed by atoms with van der Waals surface area (Å²) in [7, 11) is 0. The molecule has 1 aliphatic carbocycles. The third-order valence-corrected chi connectivity index (χ3v) is 2.49. The quantitative estimate of drug-likeness (QED) is 0.470. The van der Waals surface area contributed by atoms with Crippen LogP contribution in [-0.2, 0) is 0 Å². The lowest BCUT2D eigenvalue weighted by molar-refractivity contribution is -0.558. The highest BCUT2D eigenvalue weighted by atomic mass is 16.6. The van der Waals surface area contributed by atoms with E-state index in [-0.39, 0.29) is 10.8 Å². The van der Waals surface area contributed by atoms with Gasteiger partial charge in [0.05, 0.1) is 5.92 Å². The Kier molecular flexibility index (Phi) is 1.92. The maximum absolute atomic E-state index is 10.7. The zero-order chi connectivity index (χ0) is 9.35. The van der Waals surface area contributed by atoms with Gasteiger partial charge in [0, 0.05) is 17.5 Å². The number of allylic oxidation sites excluding steroid dienone is 2. The Labute approximate surface area is 70.9 Å². The molecular weight excluding hydrogens is 156 g/mol. The van der Waals surface area contributed by atoms with Crippen LogP contribution in [0.25, 0.3) is 0 Å². The van der Waals surface area contributed by atoms with Gasteiger partial charge < -0.3 is 5.73 Å². The highest BCUT2D eigenvalue weighted by molar-refractivity contribution is 5.25. The lowest BCUT2D eigenvalue weighted by atomic mass is 9.82. The first-order valence-electron chi connectivity index (χ1n) is 3.78. The summed E-state index contributed by atoms with van der Waals surface area (Å²) in [4.78, 5) is 10.4. The van der Waals surface area contributed by atoms with E-state index in [2.05, 4.69) is 0 Å². The summed E-state index contributed by atoms with van der Waals surface area (Å²) < 4.78 is 0. The van der Waals surface area contributed by atoms with Crippen LogP contribution in [0.3, 0.4) is 0 Å². The van der Waals surface area contributed by atoms with Crippen LogP contribution in [0.5, 0.6) is 0 Å². The van der Waals surface area contributed by atoms with Crippen molar-refractivity contribution in [3.05, 3.63) is 34.0 Å². The molecule has 0 bridgehead atoms. The minimum Gasteiger partial charge on any atom is -0.402 e. The average molecular weight is 168 g/mol. The standard InChI is InChI=1S/C8H12N2O2/c1-6-7(9)4-3-5-8(6,2)10(11)12/h3-6H,9H2,1-2H3. The van der Waals surface area contributed by atoms with Crippen molar-refractivity contribution in [1.82, 2.24) is 0 Å². The van der Waals surface area contributed by atoms with Gasteiger partial charge in [-0.05, 0) is 19.1 Å². The van der Waals surface area contributed by atoms with Gasteiger partial charge in [-0.15, -0.1) is 0 Å². The normalized spacial score (nSPS) is 34.5. The highest BCUT2D eigenvalue weighted by Gasteiger charge is 2.43. The van der Waals surface area contributed by atoms with Crippen LogP contribution in [0.2, 0.25) is 0 Å². The number of rotatable bonds is 1. The summed E-state index contributed by atoms with van der Waals surface area (Å²) in [5.41, 5.74) is 5.12. The number of hydrogen-bond donors (Lipinski definition) is 1. The summed E-state index contributed by atoms with van der Waals surface area (Å²) in [6, 6.07) is 0. The molecule has 4 nitrogen and oxygen atoms in total. The van der Waals surface area contributed by atoms with Crippen LogP contribution in [-0.4, -0.2) is 10.5 Å². The van der Waals surface area contributed by atoms with E-state index in [9.17, 15) is 10.1 Å². The molecule has 0 saturated heterocycles.